The van der Waals surface area contributed by atoms with Gasteiger partial charge in [-0.1, -0.05) is 35.5 Å². The molecule has 0 saturated carbocycles. The van der Waals surface area contributed by atoms with Crippen LogP contribution < -0.4 is 5.73 Å². The minimum Gasteiger partial charge on any atom is -0.383 e. The summed E-state index contributed by atoms with van der Waals surface area (Å²) in [5.74, 6) is 1.05. The molecule has 7 heteroatoms. The van der Waals surface area contributed by atoms with Crippen LogP contribution in [0.1, 0.15) is 5.69 Å². The summed E-state index contributed by atoms with van der Waals surface area (Å²) in [6.45, 7) is 1.91. The largest absolute Gasteiger partial charge is 0.383 e. The molecule has 3 rings (SSSR count). The Bertz CT molecular complexity index is 782. The van der Waals surface area contributed by atoms with Crippen molar-refractivity contribution in [3.05, 3.63) is 35.0 Å². The number of nitrogens with two attached hydrogens (primary N) is 1. The maximum atomic E-state index is 6.24. The smallest absolute Gasteiger partial charge is 0.255 e. The van der Waals surface area contributed by atoms with E-state index in [0.29, 0.717) is 21.8 Å². The molecule has 0 atom stereocenters. The van der Waals surface area contributed by atoms with Gasteiger partial charge in [0.1, 0.15) is 5.82 Å². The minimum atomic E-state index is 0.516. The number of aryl methyl sites for hydroxylation is 1. The van der Waals surface area contributed by atoms with Gasteiger partial charge in [-0.05, 0) is 30.9 Å². The van der Waals surface area contributed by atoms with E-state index >= 15 is 0 Å². The molecule has 1 aromatic carbocycles. The summed E-state index contributed by atoms with van der Waals surface area (Å²) in [7, 11) is 0. The van der Waals surface area contributed by atoms with Gasteiger partial charge >= 0.3 is 0 Å². The van der Waals surface area contributed by atoms with Crippen molar-refractivity contribution in [2.75, 3.05) is 12.0 Å². The Hall–Kier alpha value is -1.79. The van der Waals surface area contributed by atoms with Gasteiger partial charge in [0, 0.05) is 10.6 Å². The third-order valence-corrected chi connectivity index (χ3v) is 3.79. The van der Waals surface area contributed by atoms with Gasteiger partial charge in [-0.3, -0.25) is 0 Å². The fourth-order valence-corrected chi connectivity index (χ4v) is 2.54. The first-order chi connectivity index (χ1) is 9.60. The number of aromatic nitrogens is 4. The van der Waals surface area contributed by atoms with Crippen molar-refractivity contribution in [2.24, 2.45) is 0 Å². The van der Waals surface area contributed by atoms with Gasteiger partial charge in [-0.25, -0.2) is 4.98 Å². The number of benzene rings is 1. The first-order valence-corrected chi connectivity index (χ1v) is 7.53. The zero-order valence-electron chi connectivity index (χ0n) is 11.0. The van der Waals surface area contributed by atoms with Gasteiger partial charge in [-0.15, -0.1) is 5.10 Å². The molecular weight excluding hydrogens is 294 g/mol. The molecular formula is C13H12ClN5S. The van der Waals surface area contributed by atoms with Crippen LogP contribution in [0.4, 0.5) is 5.82 Å². The third-order valence-electron chi connectivity index (χ3n) is 3.00. The highest BCUT2D eigenvalue weighted by atomic mass is 35.5. The molecule has 2 N–H and O–H groups in total. The minimum absolute atomic E-state index is 0.516. The quantitative estimate of drug-likeness (QED) is 0.737. The normalized spacial score (nSPS) is 11.2. The van der Waals surface area contributed by atoms with Crippen LogP contribution in [0.2, 0.25) is 5.02 Å². The van der Waals surface area contributed by atoms with Crippen LogP contribution in [0.3, 0.4) is 0 Å². The Morgan fingerprint density at radius 3 is 2.55 bits per heavy atom. The molecule has 0 bridgehead atoms. The van der Waals surface area contributed by atoms with Gasteiger partial charge in [0.2, 0.25) is 5.16 Å². The molecule has 0 aliphatic carbocycles. The van der Waals surface area contributed by atoms with Gasteiger partial charge in [-0.2, -0.15) is 9.50 Å². The highest BCUT2D eigenvalue weighted by Crippen LogP contribution is 2.30. The molecule has 0 radical (unpaired) electrons. The van der Waals surface area contributed by atoms with Crippen molar-refractivity contribution >= 4 is 35.0 Å². The number of rotatable bonds is 2. The predicted molar refractivity (Wildman–Crippen MR) is 82.2 cm³/mol. The summed E-state index contributed by atoms with van der Waals surface area (Å²) in [5, 5.41) is 5.67. The molecule has 2 heterocycles. The first-order valence-electron chi connectivity index (χ1n) is 5.93. The lowest BCUT2D eigenvalue weighted by atomic mass is 10.1. The molecule has 5 nitrogen and oxygen atoms in total. The van der Waals surface area contributed by atoms with Crippen molar-refractivity contribution in [3.8, 4) is 11.1 Å². The van der Waals surface area contributed by atoms with E-state index in [0.717, 1.165) is 16.8 Å². The van der Waals surface area contributed by atoms with Gasteiger partial charge in [0.25, 0.3) is 5.78 Å². The number of halogens is 1. The summed E-state index contributed by atoms with van der Waals surface area (Å²) in [6.07, 6.45) is 1.91. The number of thioether (sulfide) groups is 1. The average molecular weight is 306 g/mol. The molecule has 0 spiro atoms. The van der Waals surface area contributed by atoms with Crippen molar-refractivity contribution in [2.45, 2.75) is 12.1 Å². The number of fused-ring (bicyclic) bond motifs is 1. The van der Waals surface area contributed by atoms with Gasteiger partial charge < -0.3 is 5.73 Å². The van der Waals surface area contributed by atoms with E-state index < -0.39 is 0 Å². The molecule has 0 unspecified atom stereocenters. The molecule has 0 saturated heterocycles. The molecule has 0 fully saturated rings. The summed E-state index contributed by atoms with van der Waals surface area (Å²) >= 11 is 7.38. The molecule has 102 valence electrons. The fraction of sp³-hybridized carbons (Fsp3) is 0.154. The lowest BCUT2D eigenvalue weighted by molar-refractivity contribution is 0.888. The molecule has 0 amide bonds. The number of hydrogen-bond acceptors (Lipinski definition) is 5. The maximum absolute atomic E-state index is 6.24. The van der Waals surface area contributed by atoms with E-state index in [1.54, 1.807) is 4.52 Å². The van der Waals surface area contributed by atoms with Crippen LogP contribution in [-0.2, 0) is 0 Å². The number of nitrogen functional groups attached to an aromatic ring is 1. The fourth-order valence-electron chi connectivity index (χ4n) is 2.08. The maximum Gasteiger partial charge on any atom is 0.255 e. The van der Waals surface area contributed by atoms with E-state index in [2.05, 4.69) is 15.1 Å². The standard InChI is InChI=1S/C13H12ClN5S/c1-7-10(8-3-5-9(14)6-4-8)11(15)19-12(16-7)17-13(18-19)20-2/h3-6H,15H2,1-2H3. The van der Waals surface area contributed by atoms with Crippen LogP contribution in [0.25, 0.3) is 16.9 Å². The van der Waals surface area contributed by atoms with Gasteiger partial charge in [0.05, 0.1) is 5.69 Å². The topological polar surface area (TPSA) is 69.1 Å². The van der Waals surface area contributed by atoms with E-state index in [9.17, 15) is 0 Å². The lowest BCUT2D eigenvalue weighted by Gasteiger charge is -2.10. The van der Waals surface area contributed by atoms with Crippen molar-refractivity contribution in [1.82, 2.24) is 19.6 Å². The van der Waals surface area contributed by atoms with Crippen LogP contribution in [0.5, 0.6) is 0 Å². The molecule has 3 aromatic rings. The Balaban J connectivity index is 2.27. The lowest BCUT2D eigenvalue weighted by Crippen LogP contribution is -2.05. The highest BCUT2D eigenvalue weighted by molar-refractivity contribution is 7.98. The highest BCUT2D eigenvalue weighted by Gasteiger charge is 2.15. The van der Waals surface area contributed by atoms with Crippen LogP contribution >= 0.6 is 23.4 Å². The zero-order valence-corrected chi connectivity index (χ0v) is 12.5. The SMILES string of the molecule is CSc1nc2nc(C)c(-c3ccc(Cl)cc3)c(N)n2n1. The Morgan fingerprint density at radius 1 is 1.20 bits per heavy atom. The monoisotopic (exact) mass is 305 g/mol. The van der Waals surface area contributed by atoms with E-state index in [4.69, 9.17) is 17.3 Å². The Morgan fingerprint density at radius 2 is 1.90 bits per heavy atom. The number of nitrogens with zero attached hydrogens (tertiary/aromatic N) is 4. The Labute approximate surface area is 125 Å². The van der Waals surface area contributed by atoms with E-state index in [1.807, 2.05) is 37.4 Å². The number of hydrogen-bond donors (Lipinski definition) is 1. The van der Waals surface area contributed by atoms with Crippen molar-refractivity contribution in [3.63, 3.8) is 0 Å². The predicted octanol–water partition coefficient (Wildman–Crippen LogP) is 3.06. The second kappa shape index (κ2) is 4.96. The van der Waals surface area contributed by atoms with Crippen molar-refractivity contribution < 1.29 is 0 Å². The van der Waals surface area contributed by atoms with Crippen LogP contribution in [0.15, 0.2) is 29.4 Å². The number of anilines is 1. The van der Waals surface area contributed by atoms with E-state index in [1.165, 1.54) is 11.8 Å². The van der Waals surface area contributed by atoms with Crippen LogP contribution in [-0.4, -0.2) is 25.8 Å². The second-order valence-electron chi connectivity index (χ2n) is 4.27. The third kappa shape index (κ3) is 2.10. The van der Waals surface area contributed by atoms with Gasteiger partial charge in [0.15, 0.2) is 0 Å². The van der Waals surface area contributed by atoms with E-state index in [-0.39, 0.29) is 0 Å². The summed E-state index contributed by atoms with van der Waals surface area (Å²) in [6, 6.07) is 7.49. The average Bonchev–Trinajstić information content (AvgIpc) is 2.84. The summed E-state index contributed by atoms with van der Waals surface area (Å²) in [5.41, 5.74) is 8.86. The second-order valence-corrected chi connectivity index (χ2v) is 5.48. The molecule has 2 aromatic heterocycles. The first kappa shape index (κ1) is 13.2. The summed E-state index contributed by atoms with van der Waals surface area (Å²) in [4.78, 5) is 8.77. The molecule has 20 heavy (non-hydrogen) atoms. The molecule has 0 aliphatic heterocycles. The molecule has 0 aliphatic rings. The summed E-state index contributed by atoms with van der Waals surface area (Å²) < 4.78 is 1.57. The Kier molecular flexibility index (Phi) is 3.27. The van der Waals surface area contributed by atoms with Crippen molar-refractivity contribution in [1.29, 1.82) is 0 Å². The van der Waals surface area contributed by atoms with Crippen LogP contribution in [0, 0.1) is 6.92 Å². The zero-order chi connectivity index (χ0) is 14.3.